The molecule has 46 heavy (non-hydrogen) atoms. The number of carbonyl (C=O) groups is 2. The zero-order valence-electron chi connectivity index (χ0n) is 27.0. The van der Waals surface area contributed by atoms with Crippen molar-refractivity contribution in [2.75, 3.05) is 17.4 Å². The van der Waals surface area contributed by atoms with Gasteiger partial charge in [0, 0.05) is 24.0 Å². The molecule has 0 aliphatic heterocycles. The number of carbonyl (C=O) groups excluding carboxylic acids is 2. The molecule has 0 aliphatic rings. The summed E-state index contributed by atoms with van der Waals surface area (Å²) < 4.78 is 30.6. The molecular formula is C37H42BrN3O4S. The highest BCUT2D eigenvalue weighted by molar-refractivity contribution is 9.10. The number of hydrogen-bond donors (Lipinski definition) is 1. The zero-order valence-corrected chi connectivity index (χ0v) is 29.4. The molecule has 1 atom stereocenters. The minimum atomic E-state index is -4.17. The number of amides is 2. The average Bonchev–Trinajstić information content (AvgIpc) is 3.02. The molecule has 4 aromatic carbocycles. The van der Waals surface area contributed by atoms with Crippen LogP contribution in [0.3, 0.4) is 0 Å². The fraction of sp³-hybridized carbons (Fsp3) is 0.297. The molecule has 9 heteroatoms. The van der Waals surface area contributed by atoms with Gasteiger partial charge < -0.3 is 10.2 Å². The van der Waals surface area contributed by atoms with Crippen LogP contribution in [0.2, 0.25) is 0 Å². The average molecular weight is 705 g/mol. The van der Waals surface area contributed by atoms with Crippen LogP contribution in [0.5, 0.6) is 0 Å². The highest BCUT2D eigenvalue weighted by Gasteiger charge is 2.35. The fourth-order valence-electron chi connectivity index (χ4n) is 5.15. The van der Waals surface area contributed by atoms with E-state index < -0.39 is 28.5 Å². The predicted molar refractivity (Wildman–Crippen MR) is 188 cm³/mol. The number of halogens is 1. The predicted octanol–water partition coefficient (Wildman–Crippen LogP) is 6.98. The Kier molecular flexibility index (Phi) is 11.8. The van der Waals surface area contributed by atoms with Gasteiger partial charge in [-0.2, -0.15) is 0 Å². The number of sulfonamides is 1. The third kappa shape index (κ3) is 9.07. The molecule has 0 bridgehead atoms. The van der Waals surface area contributed by atoms with Crippen molar-refractivity contribution in [3.8, 4) is 0 Å². The number of benzene rings is 4. The van der Waals surface area contributed by atoms with E-state index >= 15 is 0 Å². The Balaban J connectivity index is 1.83. The first kappa shape index (κ1) is 34.9. The molecular weight excluding hydrogens is 662 g/mol. The van der Waals surface area contributed by atoms with E-state index in [9.17, 15) is 18.0 Å². The van der Waals surface area contributed by atoms with Crippen molar-refractivity contribution in [1.82, 2.24) is 10.2 Å². The first-order valence-electron chi connectivity index (χ1n) is 15.4. The van der Waals surface area contributed by atoms with Crippen molar-refractivity contribution < 1.29 is 18.0 Å². The molecule has 0 aromatic heterocycles. The lowest BCUT2D eigenvalue weighted by molar-refractivity contribution is -0.140. The Hall–Kier alpha value is -3.95. The van der Waals surface area contributed by atoms with Gasteiger partial charge in [0.25, 0.3) is 10.0 Å². The second-order valence-electron chi connectivity index (χ2n) is 12.1. The summed E-state index contributed by atoms with van der Waals surface area (Å²) in [4.78, 5) is 30.2. The van der Waals surface area contributed by atoms with Crippen LogP contribution in [0, 0.1) is 26.7 Å². The van der Waals surface area contributed by atoms with Gasteiger partial charge in [-0.15, -0.1) is 0 Å². The van der Waals surface area contributed by atoms with Gasteiger partial charge in [0.15, 0.2) is 0 Å². The highest BCUT2D eigenvalue weighted by Crippen LogP contribution is 2.29. The second kappa shape index (κ2) is 15.6. The fourth-order valence-corrected chi connectivity index (χ4v) is 7.06. The van der Waals surface area contributed by atoms with E-state index in [1.165, 1.54) is 9.21 Å². The van der Waals surface area contributed by atoms with E-state index in [2.05, 4.69) is 21.2 Å². The Morgan fingerprint density at radius 3 is 2.11 bits per heavy atom. The van der Waals surface area contributed by atoms with Crippen LogP contribution in [-0.4, -0.2) is 44.3 Å². The largest absolute Gasteiger partial charge is 0.354 e. The summed E-state index contributed by atoms with van der Waals surface area (Å²) in [6.45, 7) is 9.68. The number of aryl methyl sites for hydroxylation is 3. The minimum absolute atomic E-state index is 0.0841. The number of rotatable bonds is 13. The molecule has 1 N–H and O–H groups in total. The summed E-state index contributed by atoms with van der Waals surface area (Å²) in [5, 5.41) is 3.02. The van der Waals surface area contributed by atoms with E-state index in [1.807, 2.05) is 101 Å². The third-order valence-corrected chi connectivity index (χ3v) is 9.99. The lowest BCUT2D eigenvalue weighted by Crippen LogP contribution is -2.53. The molecule has 4 rings (SSSR count). The molecule has 0 fully saturated rings. The third-order valence-electron chi connectivity index (χ3n) is 7.72. The molecule has 0 unspecified atom stereocenters. The van der Waals surface area contributed by atoms with E-state index in [0.717, 1.165) is 26.7 Å². The molecule has 0 spiro atoms. The first-order valence-corrected chi connectivity index (χ1v) is 17.6. The van der Waals surface area contributed by atoms with Crippen molar-refractivity contribution in [1.29, 1.82) is 0 Å². The quantitative estimate of drug-likeness (QED) is 0.163. The van der Waals surface area contributed by atoms with Crippen LogP contribution in [-0.2, 0) is 32.6 Å². The van der Waals surface area contributed by atoms with Gasteiger partial charge in [0.2, 0.25) is 11.8 Å². The Morgan fingerprint density at radius 2 is 1.46 bits per heavy atom. The van der Waals surface area contributed by atoms with Crippen LogP contribution < -0.4 is 9.62 Å². The Labute approximate surface area is 281 Å². The maximum absolute atomic E-state index is 14.6. The summed E-state index contributed by atoms with van der Waals surface area (Å²) in [5.74, 6) is -0.576. The lowest BCUT2D eigenvalue weighted by Gasteiger charge is -2.34. The summed E-state index contributed by atoms with van der Waals surface area (Å²) in [6, 6.07) is 28.4. The Morgan fingerprint density at radius 1 is 0.804 bits per heavy atom. The van der Waals surface area contributed by atoms with Crippen molar-refractivity contribution in [2.45, 2.75) is 58.5 Å². The van der Waals surface area contributed by atoms with Crippen molar-refractivity contribution in [3.05, 3.63) is 129 Å². The monoisotopic (exact) mass is 703 g/mol. The SMILES string of the molecule is Cc1ccc(S(=O)(=O)N(CC(=O)N(Cc2cccc(Br)c2)[C@H](Cc2ccccc2)C(=O)NCC(C)C)c2cc(C)ccc2C)cc1. The van der Waals surface area contributed by atoms with Crippen molar-refractivity contribution >= 4 is 43.5 Å². The number of hydrogen-bond acceptors (Lipinski definition) is 4. The lowest BCUT2D eigenvalue weighted by atomic mass is 10.0. The van der Waals surface area contributed by atoms with Crippen molar-refractivity contribution in [2.24, 2.45) is 5.92 Å². The van der Waals surface area contributed by atoms with Crippen LogP contribution in [0.4, 0.5) is 5.69 Å². The van der Waals surface area contributed by atoms with Gasteiger partial charge in [-0.3, -0.25) is 13.9 Å². The first-order chi connectivity index (χ1) is 21.8. The highest BCUT2D eigenvalue weighted by atomic mass is 79.9. The number of nitrogens with zero attached hydrogens (tertiary/aromatic N) is 2. The van der Waals surface area contributed by atoms with E-state index in [1.54, 1.807) is 30.3 Å². The maximum Gasteiger partial charge on any atom is 0.264 e. The van der Waals surface area contributed by atoms with E-state index in [4.69, 9.17) is 0 Å². The van der Waals surface area contributed by atoms with Crippen LogP contribution in [0.15, 0.2) is 106 Å². The van der Waals surface area contributed by atoms with Crippen LogP contribution in [0.25, 0.3) is 0 Å². The molecule has 7 nitrogen and oxygen atoms in total. The van der Waals surface area contributed by atoms with Gasteiger partial charge in [0.1, 0.15) is 12.6 Å². The normalized spacial score (nSPS) is 12.1. The van der Waals surface area contributed by atoms with Gasteiger partial charge in [-0.1, -0.05) is 102 Å². The molecule has 2 amide bonds. The number of nitrogens with one attached hydrogen (secondary N) is 1. The molecule has 4 aromatic rings. The molecule has 0 radical (unpaired) electrons. The maximum atomic E-state index is 14.6. The van der Waals surface area contributed by atoms with Gasteiger partial charge >= 0.3 is 0 Å². The van der Waals surface area contributed by atoms with Gasteiger partial charge in [-0.25, -0.2) is 8.42 Å². The second-order valence-corrected chi connectivity index (χ2v) is 14.9. The van der Waals surface area contributed by atoms with Crippen LogP contribution >= 0.6 is 15.9 Å². The Bertz CT molecular complexity index is 1760. The van der Waals surface area contributed by atoms with Crippen molar-refractivity contribution in [3.63, 3.8) is 0 Å². The van der Waals surface area contributed by atoms with Crippen LogP contribution in [0.1, 0.15) is 41.7 Å². The van der Waals surface area contributed by atoms with Gasteiger partial charge in [-0.05, 0) is 79.3 Å². The molecule has 0 heterocycles. The van der Waals surface area contributed by atoms with E-state index in [0.29, 0.717) is 17.8 Å². The molecule has 242 valence electrons. The van der Waals surface area contributed by atoms with E-state index in [-0.39, 0.29) is 29.7 Å². The molecule has 0 aliphatic carbocycles. The summed E-state index contributed by atoms with van der Waals surface area (Å²) in [5.41, 5.74) is 4.60. The number of anilines is 1. The summed E-state index contributed by atoms with van der Waals surface area (Å²) in [6.07, 6.45) is 0.263. The molecule has 0 saturated heterocycles. The summed E-state index contributed by atoms with van der Waals surface area (Å²) in [7, 11) is -4.17. The smallest absolute Gasteiger partial charge is 0.264 e. The zero-order chi connectivity index (χ0) is 33.4. The van der Waals surface area contributed by atoms with Gasteiger partial charge in [0.05, 0.1) is 10.6 Å². The summed E-state index contributed by atoms with van der Waals surface area (Å²) >= 11 is 3.52. The minimum Gasteiger partial charge on any atom is -0.354 e. The molecule has 0 saturated carbocycles. The topological polar surface area (TPSA) is 86.8 Å². The standard InChI is InChI=1S/C37H42BrN3O4S/c1-26(2)23-39-37(43)35(22-30-10-7-6-8-11-30)40(24-31-12-9-13-32(38)21-31)36(42)25-41(34-20-28(4)14-17-29(34)5)46(44,45)33-18-15-27(3)16-19-33/h6-21,26,35H,22-25H2,1-5H3,(H,39,43)/t35-/m1/s1.